The summed E-state index contributed by atoms with van der Waals surface area (Å²) in [5, 5.41) is 3.96. The Hall–Kier alpha value is -2.15. The van der Waals surface area contributed by atoms with Gasteiger partial charge < -0.3 is 19.4 Å². The molecule has 0 atom stereocenters. The van der Waals surface area contributed by atoms with Gasteiger partial charge >= 0.3 is 0 Å². The highest BCUT2D eigenvalue weighted by atomic mass is 32.2. The lowest BCUT2D eigenvalue weighted by atomic mass is 10.2. The van der Waals surface area contributed by atoms with E-state index in [0.717, 1.165) is 35.1 Å². The molecule has 1 fully saturated rings. The topological polar surface area (TPSA) is 65.4 Å². The second-order valence-electron chi connectivity index (χ2n) is 6.36. The lowest BCUT2D eigenvalue weighted by Crippen LogP contribution is -2.33. The van der Waals surface area contributed by atoms with Crippen LogP contribution in [0.25, 0.3) is 0 Å². The number of imidazole rings is 1. The Labute approximate surface area is 150 Å². The minimum absolute atomic E-state index is 0.0922. The summed E-state index contributed by atoms with van der Waals surface area (Å²) in [6.07, 6.45) is 8.35. The summed E-state index contributed by atoms with van der Waals surface area (Å²) >= 11 is 1.47. The molecule has 1 aliphatic heterocycles. The Kier molecular flexibility index (Phi) is 4.83. The van der Waals surface area contributed by atoms with E-state index in [1.807, 2.05) is 29.0 Å². The van der Waals surface area contributed by atoms with Crippen LogP contribution in [0, 0.1) is 0 Å². The number of ether oxygens (including phenoxy) is 2. The number of aromatic nitrogens is 2. The minimum Gasteiger partial charge on any atom is -0.454 e. The third kappa shape index (κ3) is 3.92. The molecular formula is C18H21N3O3S. The quantitative estimate of drug-likeness (QED) is 0.804. The number of thioether (sulfide) groups is 1. The zero-order valence-electron chi connectivity index (χ0n) is 13.9. The summed E-state index contributed by atoms with van der Waals surface area (Å²) in [4.78, 5) is 16.5. The zero-order valence-corrected chi connectivity index (χ0v) is 14.8. The average molecular weight is 359 g/mol. The maximum absolute atomic E-state index is 12.1. The van der Waals surface area contributed by atoms with Crippen LogP contribution in [0.5, 0.6) is 11.5 Å². The summed E-state index contributed by atoms with van der Waals surface area (Å²) in [6, 6.07) is 6.30. The fraction of sp³-hybridized carbons (Fsp3) is 0.444. The van der Waals surface area contributed by atoms with E-state index in [4.69, 9.17) is 9.47 Å². The molecule has 0 saturated heterocycles. The monoisotopic (exact) mass is 359 g/mol. The van der Waals surface area contributed by atoms with E-state index in [0.29, 0.717) is 18.3 Å². The van der Waals surface area contributed by atoms with E-state index in [2.05, 4.69) is 10.3 Å². The molecule has 7 heteroatoms. The Morgan fingerprint density at radius 1 is 1.28 bits per heavy atom. The molecule has 0 bridgehead atoms. The largest absolute Gasteiger partial charge is 0.454 e. The van der Waals surface area contributed by atoms with Gasteiger partial charge in [-0.15, -0.1) is 0 Å². The maximum atomic E-state index is 12.1. The Morgan fingerprint density at radius 3 is 3.00 bits per heavy atom. The molecule has 1 aromatic carbocycles. The van der Waals surface area contributed by atoms with Crippen molar-refractivity contribution in [3.63, 3.8) is 0 Å². The van der Waals surface area contributed by atoms with E-state index in [9.17, 15) is 4.79 Å². The maximum Gasteiger partial charge on any atom is 0.231 e. The number of amides is 1. The van der Waals surface area contributed by atoms with Gasteiger partial charge in [-0.05, 0) is 30.5 Å². The molecule has 4 rings (SSSR count). The molecule has 0 radical (unpaired) electrons. The molecule has 2 heterocycles. The molecule has 0 unspecified atom stereocenters. The van der Waals surface area contributed by atoms with Crippen molar-refractivity contribution in [2.75, 3.05) is 12.5 Å². The summed E-state index contributed by atoms with van der Waals surface area (Å²) in [5.74, 6) is 2.05. The number of rotatable bonds is 6. The van der Waals surface area contributed by atoms with Gasteiger partial charge in [0.05, 0.1) is 5.75 Å². The van der Waals surface area contributed by atoms with Crippen molar-refractivity contribution in [1.82, 2.24) is 14.9 Å². The van der Waals surface area contributed by atoms with Gasteiger partial charge in [0, 0.05) is 25.0 Å². The van der Waals surface area contributed by atoms with E-state index < -0.39 is 0 Å². The lowest BCUT2D eigenvalue weighted by Gasteiger charge is -2.12. The molecule has 0 spiro atoms. The molecule has 2 aromatic rings. The Balaban J connectivity index is 1.34. The standard InChI is InChI=1S/C18H21N3O3S/c22-17(20-14-3-1-2-4-14)11-25-18-19-7-8-21(18)10-13-5-6-15-16(9-13)24-12-23-15/h5-9,14H,1-4,10-12H2,(H,20,22). The van der Waals surface area contributed by atoms with Gasteiger partial charge in [-0.2, -0.15) is 0 Å². The van der Waals surface area contributed by atoms with Gasteiger partial charge in [0.15, 0.2) is 16.7 Å². The predicted octanol–water partition coefficient (Wildman–Crippen LogP) is 2.81. The van der Waals surface area contributed by atoms with Gasteiger partial charge in [-0.25, -0.2) is 4.98 Å². The third-order valence-corrected chi connectivity index (χ3v) is 5.52. The first-order valence-corrected chi connectivity index (χ1v) is 9.58. The first-order chi connectivity index (χ1) is 12.3. The molecule has 1 aliphatic carbocycles. The first kappa shape index (κ1) is 16.3. The van der Waals surface area contributed by atoms with Crippen LogP contribution >= 0.6 is 11.8 Å². The van der Waals surface area contributed by atoms with Crippen molar-refractivity contribution in [2.24, 2.45) is 0 Å². The van der Waals surface area contributed by atoms with E-state index in [-0.39, 0.29) is 12.7 Å². The van der Waals surface area contributed by atoms with Crippen LogP contribution in [0.1, 0.15) is 31.2 Å². The van der Waals surface area contributed by atoms with Crippen molar-refractivity contribution in [1.29, 1.82) is 0 Å². The zero-order chi connectivity index (χ0) is 17.1. The Bertz CT molecular complexity index is 756. The van der Waals surface area contributed by atoms with E-state index in [1.165, 1.54) is 24.6 Å². The number of carbonyl (C=O) groups is 1. The van der Waals surface area contributed by atoms with Crippen molar-refractivity contribution < 1.29 is 14.3 Å². The molecule has 1 amide bonds. The van der Waals surface area contributed by atoms with Gasteiger partial charge in [0.1, 0.15) is 0 Å². The predicted molar refractivity (Wildman–Crippen MR) is 95.0 cm³/mol. The van der Waals surface area contributed by atoms with Crippen LogP contribution < -0.4 is 14.8 Å². The van der Waals surface area contributed by atoms with E-state index >= 15 is 0 Å². The highest BCUT2D eigenvalue weighted by Gasteiger charge is 2.18. The van der Waals surface area contributed by atoms with E-state index in [1.54, 1.807) is 6.20 Å². The van der Waals surface area contributed by atoms with Crippen LogP contribution in [0.4, 0.5) is 0 Å². The number of benzene rings is 1. The average Bonchev–Trinajstić information content (AvgIpc) is 3.34. The SMILES string of the molecule is O=C(CSc1nccn1Cc1ccc2c(c1)OCO2)NC1CCCC1. The molecule has 25 heavy (non-hydrogen) atoms. The number of carbonyl (C=O) groups excluding carboxylic acids is 1. The summed E-state index contributed by atoms with van der Waals surface area (Å²) in [6.45, 7) is 0.963. The molecule has 1 saturated carbocycles. The normalized spacial score (nSPS) is 16.3. The molecular weight excluding hydrogens is 338 g/mol. The molecule has 2 aliphatic rings. The van der Waals surface area contributed by atoms with Crippen molar-refractivity contribution >= 4 is 17.7 Å². The summed E-state index contributed by atoms with van der Waals surface area (Å²) in [5.41, 5.74) is 1.11. The van der Waals surface area contributed by atoms with Crippen LogP contribution in [0.3, 0.4) is 0 Å². The highest BCUT2D eigenvalue weighted by molar-refractivity contribution is 7.99. The van der Waals surface area contributed by atoms with Gasteiger partial charge in [0.2, 0.25) is 12.7 Å². The first-order valence-electron chi connectivity index (χ1n) is 8.60. The minimum atomic E-state index is 0.0922. The fourth-order valence-electron chi connectivity index (χ4n) is 3.26. The highest BCUT2D eigenvalue weighted by Crippen LogP contribution is 2.33. The fourth-order valence-corrected chi connectivity index (χ4v) is 4.03. The number of hydrogen-bond acceptors (Lipinski definition) is 5. The van der Waals surface area contributed by atoms with Gasteiger partial charge in [-0.3, -0.25) is 4.79 Å². The number of hydrogen-bond donors (Lipinski definition) is 1. The van der Waals surface area contributed by atoms with Gasteiger partial charge in [-0.1, -0.05) is 30.7 Å². The second kappa shape index (κ2) is 7.39. The van der Waals surface area contributed by atoms with Crippen molar-refractivity contribution in [2.45, 2.75) is 43.4 Å². The van der Waals surface area contributed by atoms with Crippen LogP contribution in [-0.4, -0.2) is 34.0 Å². The summed E-state index contributed by atoms with van der Waals surface area (Å²) in [7, 11) is 0. The van der Waals surface area contributed by atoms with Crippen LogP contribution in [0.2, 0.25) is 0 Å². The van der Waals surface area contributed by atoms with Crippen LogP contribution in [0.15, 0.2) is 35.7 Å². The number of nitrogens with one attached hydrogen (secondary N) is 1. The molecule has 132 valence electrons. The van der Waals surface area contributed by atoms with Crippen LogP contribution in [-0.2, 0) is 11.3 Å². The molecule has 1 aromatic heterocycles. The summed E-state index contributed by atoms with van der Waals surface area (Å²) < 4.78 is 12.8. The second-order valence-corrected chi connectivity index (χ2v) is 7.31. The lowest BCUT2D eigenvalue weighted by molar-refractivity contribution is -0.119. The molecule has 1 N–H and O–H groups in total. The smallest absolute Gasteiger partial charge is 0.231 e. The number of fused-ring (bicyclic) bond motifs is 1. The van der Waals surface area contributed by atoms with Crippen molar-refractivity contribution in [3.8, 4) is 11.5 Å². The Morgan fingerprint density at radius 2 is 2.12 bits per heavy atom. The molecule has 6 nitrogen and oxygen atoms in total. The third-order valence-electron chi connectivity index (χ3n) is 4.52. The number of nitrogens with zero attached hydrogens (tertiary/aromatic N) is 2. The van der Waals surface area contributed by atoms with Gasteiger partial charge in [0.25, 0.3) is 0 Å². The van der Waals surface area contributed by atoms with Crippen molar-refractivity contribution in [3.05, 3.63) is 36.2 Å².